The van der Waals surface area contributed by atoms with Crippen LogP contribution in [-0.2, 0) is 0 Å². The molecule has 3 aromatic carbocycles. The first-order valence-electron chi connectivity index (χ1n) is 8.69. The molecule has 0 aliphatic heterocycles. The number of nitrogens with zero attached hydrogens (tertiary/aromatic N) is 2. The Balaban J connectivity index is 1.76. The molecule has 4 rings (SSSR count). The topological polar surface area (TPSA) is 46.9 Å². The molecule has 1 amide bonds. The average molecular weight is 393 g/mol. The minimum absolute atomic E-state index is 0.211. The molecule has 1 heterocycles. The lowest BCUT2D eigenvalue weighted by molar-refractivity contribution is 0.102. The fourth-order valence-corrected chi connectivity index (χ4v) is 2.88. The summed E-state index contributed by atoms with van der Waals surface area (Å²) in [6.07, 6.45) is 0. The van der Waals surface area contributed by atoms with Crippen molar-refractivity contribution < 1.29 is 18.0 Å². The Kier molecular flexibility index (Phi) is 4.87. The first-order chi connectivity index (χ1) is 14.0. The number of rotatable bonds is 4. The molecule has 0 atom stereocenters. The van der Waals surface area contributed by atoms with E-state index in [4.69, 9.17) is 0 Å². The van der Waals surface area contributed by atoms with Crippen molar-refractivity contribution in [2.24, 2.45) is 0 Å². The lowest BCUT2D eigenvalue weighted by Gasteiger charge is -2.09. The quantitative estimate of drug-likeness (QED) is 0.517. The lowest BCUT2D eigenvalue weighted by Crippen LogP contribution is -2.16. The molecular formula is C22H14F3N3O. The molecule has 1 aromatic heterocycles. The molecule has 0 radical (unpaired) electrons. The number of nitrogens with one attached hydrogen (secondary N) is 1. The third-order valence-electron chi connectivity index (χ3n) is 4.25. The van der Waals surface area contributed by atoms with Gasteiger partial charge in [-0.1, -0.05) is 36.4 Å². The van der Waals surface area contributed by atoms with Gasteiger partial charge in [0.2, 0.25) is 0 Å². The Morgan fingerprint density at radius 1 is 0.828 bits per heavy atom. The van der Waals surface area contributed by atoms with E-state index in [0.717, 1.165) is 17.7 Å². The van der Waals surface area contributed by atoms with Gasteiger partial charge in [-0.25, -0.2) is 17.9 Å². The van der Waals surface area contributed by atoms with Gasteiger partial charge in [-0.3, -0.25) is 4.79 Å². The second-order valence-electron chi connectivity index (χ2n) is 6.25. The predicted octanol–water partition coefficient (Wildman–Crippen LogP) is 5.21. The minimum atomic E-state index is -0.984. The van der Waals surface area contributed by atoms with Gasteiger partial charge in [0.1, 0.15) is 23.3 Å². The molecule has 0 aliphatic rings. The van der Waals surface area contributed by atoms with E-state index < -0.39 is 23.4 Å². The van der Waals surface area contributed by atoms with E-state index in [1.165, 1.54) is 22.9 Å². The summed E-state index contributed by atoms with van der Waals surface area (Å²) in [7, 11) is 0. The first kappa shape index (κ1) is 18.5. The molecule has 0 bridgehead atoms. The van der Waals surface area contributed by atoms with Gasteiger partial charge < -0.3 is 5.32 Å². The van der Waals surface area contributed by atoms with Crippen LogP contribution in [0.1, 0.15) is 10.4 Å². The normalized spacial score (nSPS) is 10.7. The molecule has 0 saturated heterocycles. The van der Waals surface area contributed by atoms with E-state index in [1.54, 1.807) is 12.1 Å². The maximum atomic E-state index is 14.0. The van der Waals surface area contributed by atoms with Crippen LogP contribution in [0.4, 0.5) is 19.0 Å². The smallest absolute Gasteiger partial charge is 0.259 e. The van der Waals surface area contributed by atoms with Crippen molar-refractivity contribution in [1.82, 2.24) is 9.78 Å². The van der Waals surface area contributed by atoms with Crippen LogP contribution < -0.4 is 5.32 Å². The number of benzene rings is 3. The molecule has 4 nitrogen and oxygen atoms in total. The van der Waals surface area contributed by atoms with Crippen molar-refractivity contribution in [1.29, 1.82) is 0 Å². The van der Waals surface area contributed by atoms with Crippen LogP contribution in [0.2, 0.25) is 0 Å². The van der Waals surface area contributed by atoms with Gasteiger partial charge in [-0.05, 0) is 30.3 Å². The maximum absolute atomic E-state index is 14.0. The van der Waals surface area contributed by atoms with Gasteiger partial charge in [0.05, 0.1) is 16.9 Å². The molecule has 144 valence electrons. The van der Waals surface area contributed by atoms with Crippen LogP contribution in [0.5, 0.6) is 0 Å². The zero-order valence-corrected chi connectivity index (χ0v) is 14.9. The van der Waals surface area contributed by atoms with Crippen LogP contribution >= 0.6 is 0 Å². The van der Waals surface area contributed by atoms with Crippen LogP contribution in [0.15, 0.2) is 78.9 Å². The predicted molar refractivity (Wildman–Crippen MR) is 103 cm³/mol. The Labute approximate surface area is 164 Å². The summed E-state index contributed by atoms with van der Waals surface area (Å²) < 4.78 is 42.2. The average Bonchev–Trinajstić information content (AvgIpc) is 3.12. The Morgan fingerprint density at radius 2 is 1.59 bits per heavy atom. The van der Waals surface area contributed by atoms with Crippen LogP contribution in [0, 0.1) is 17.5 Å². The van der Waals surface area contributed by atoms with Gasteiger partial charge in [0.15, 0.2) is 0 Å². The summed E-state index contributed by atoms with van der Waals surface area (Å²) in [5, 5.41) is 7.03. The minimum Gasteiger partial charge on any atom is -0.306 e. The molecule has 4 aromatic rings. The molecular weight excluding hydrogens is 379 g/mol. The molecule has 1 N–H and O–H groups in total. The van der Waals surface area contributed by atoms with Crippen molar-refractivity contribution in [2.75, 3.05) is 5.32 Å². The van der Waals surface area contributed by atoms with E-state index in [9.17, 15) is 18.0 Å². The van der Waals surface area contributed by atoms with Gasteiger partial charge in [-0.15, -0.1) is 0 Å². The van der Waals surface area contributed by atoms with E-state index in [1.807, 2.05) is 30.3 Å². The monoisotopic (exact) mass is 393 g/mol. The van der Waals surface area contributed by atoms with Crippen molar-refractivity contribution in [3.05, 3.63) is 102 Å². The first-order valence-corrected chi connectivity index (χ1v) is 8.69. The molecule has 0 unspecified atom stereocenters. The Hall–Kier alpha value is -3.87. The second kappa shape index (κ2) is 7.63. The largest absolute Gasteiger partial charge is 0.306 e. The Morgan fingerprint density at radius 3 is 2.31 bits per heavy atom. The number of carbonyl (C=O) groups excluding carboxylic acids is 1. The highest BCUT2D eigenvalue weighted by Gasteiger charge is 2.17. The highest BCUT2D eigenvalue weighted by atomic mass is 19.1. The number of anilines is 1. The number of amides is 1. The number of hydrogen-bond donors (Lipinski definition) is 1. The highest BCUT2D eigenvalue weighted by molar-refractivity contribution is 6.04. The van der Waals surface area contributed by atoms with Gasteiger partial charge in [0, 0.05) is 17.7 Å². The fourth-order valence-electron chi connectivity index (χ4n) is 2.88. The van der Waals surface area contributed by atoms with Gasteiger partial charge >= 0.3 is 0 Å². The molecule has 0 aliphatic carbocycles. The van der Waals surface area contributed by atoms with Crippen molar-refractivity contribution in [2.45, 2.75) is 0 Å². The zero-order chi connectivity index (χ0) is 20.4. The Bertz CT molecular complexity index is 1190. The standard InChI is InChI=1S/C22H14F3N3O/c23-15-7-4-8-17(11-15)28-21(13-20(27-28)14-5-2-1-3-6-14)26-22(29)18-10-9-16(24)12-19(18)25/h1-13H,(H,26,29). The molecule has 0 saturated carbocycles. The second-order valence-corrected chi connectivity index (χ2v) is 6.25. The maximum Gasteiger partial charge on any atom is 0.259 e. The van der Waals surface area contributed by atoms with E-state index in [2.05, 4.69) is 10.4 Å². The third kappa shape index (κ3) is 3.89. The van der Waals surface area contributed by atoms with Gasteiger partial charge in [-0.2, -0.15) is 5.10 Å². The van der Waals surface area contributed by atoms with Crippen molar-refractivity contribution in [3.63, 3.8) is 0 Å². The van der Waals surface area contributed by atoms with Gasteiger partial charge in [0.25, 0.3) is 5.91 Å². The lowest BCUT2D eigenvalue weighted by atomic mass is 10.1. The summed E-state index contributed by atoms with van der Waals surface area (Å²) in [6, 6.07) is 19.2. The number of hydrogen-bond acceptors (Lipinski definition) is 2. The van der Waals surface area contributed by atoms with Crippen molar-refractivity contribution in [3.8, 4) is 16.9 Å². The van der Waals surface area contributed by atoms with E-state index in [-0.39, 0.29) is 11.4 Å². The number of halogens is 3. The van der Waals surface area contributed by atoms with Crippen LogP contribution in [-0.4, -0.2) is 15.7 Å². The summed E-state index contributed by atoms with van der Waals surface area (Å²) in [5.74, 6) is -2.80. The number of aromatic nitrogens is 2. The summed E-state index contributed by atoms with van der Waals surface area (Å²) in [5.41, 5.74) is 1.37. The summed E-state index contributed by atoms with van der Waals surface area (Å²) in [4.78, 5) is 12.6. The SMILES string of the molecule is O=C(Nc1cc(-c2ccccc2)nn1-c1cccc(F)c1)c1ccc(F)cc1F. The van der Waals surface area contributed by atoms with E-state index in [0.29, 0.717) is 17.4 Å². The summed E-state index contributed by atoms with van der Waals surface area (Å²) >= 11 is 0. The molecule has 29 heavy (non-hydrogen) atoms. The molecule has 0 spiro atoms. The highest BCUT2D eigenvalue weighted by Crippen LogP contribution is 2.25. The number of carbonyl (C=O) groups is 1. The van der Waals surface area contributed by atoms with E-state index >= 15 is 0 Å². The molecule has 7 heteroatoms. The van der Waals surface area contributed by atoms with Crippen LogP contribution in [0.25, 0.3) is 16.9 Å². The molecule has 0 fully saturated rings. The fraction of sp³-hybridized carbons (Fsp3) is 0. The van der Waals surface area contributed by atoms with Crippen molar-refractivity contribution >= 4 is 11.7 Å². The zero-order valence-electron chi connectivity index (χ0n) is 14.9. The summed E-state index contributed by atoms with van der Waals surface area (Å²) in [6.45, 7) is 0. The third-order valence-corrected chi connectivity index (χ3v) is 4.25. The van der Waals surface area contributed by atoms with Crippen LogP contribution in [0.3, 0.4) is 0 Å².